The molecule has 0 radical (unpaired) electrons. The van der Waals surface area contributed by atoms with E-state index in [0.29, 0.717) is 34.3 Å². The molecule has 2 aromatic carbocycles. The quantitative estimate of drug-likeness (QED) is 0.563. The Labute approximate surface area is 178 Å². The fourth-order valence-electron chi connectivity index (χ4n) is 2.89. The highest BCUT2D eigenvalue weighted by atomic mass is 35.5. The van der Waals surface area contributed by atoms with Crippen LogP contribution in [-0.2, 0) is 13.2 Å². The summed E-state index contributed by atoms with van der Waals surface area (Å²) in [5.74, 6) is -0.185. The van der Waals surface area contributed by atoms with Gasteiger partial charge in [0.2, 0.25) is 0 Å². The minimum Gasteiger partial charge on any atom is -0.488 e. The Hall–Kier alpha value is -2.83. The normalized spacial score (nSPS) is 10.6. The number of carbonyl (C=O) groups excluding carboxylic acids is 2. The minimum absolute atomic E-state index is 0.0589. The first-order valence-corrected chi connectivity index (χ1v) is 10.3. The number of halogens is 1. The zero-order valence-corrected chi connectivity index (χ0v) is 17.5. The standard InChI is InChI=1S/C22H21ClN2O3S/c1-2-25(13-17-10-11-20(23)29-17)22(27)16-7-5-6-15(12-16)14-28-19-9-4-3-8-18(19)21(24)26/h3-12H,2,13-14H2,1H3,(H2,24,26). The molecule has 3 rings (SSSR count). The molecule has 0 atom stereocenters. The van der Waals surface area contributed by atoms with E-state index < -0.39 is 5.91 Å². The molecule has 2 N–H and O–H groups in total. The van der Waals surface area contributed by atoms with Crippen molar-refractivity contribution < 1.29 is 14.3 Å². The van der Waals surface area contributed by atoms with Gasteiger partial charge >= 0.3 is 0 Å². The largest absolute Gasteiger partial charge is 0.488 e. The van der Waals surface area contributed by atoms with Gasteiger partial charge in [-0.15, -0.1) is 11.3 Å². The van der Waals surface area contributed by atoms with Crippen molar-refractivity contribution in [3.05, 3.63) is 86.6 Å². The summed E-state index contributed by atoms with van der Waals surface area (Å²) in [6, 6.07) is 17.9. The van der Waals surface area contributed by atoms with Gasteiger partial charge in [0.05, 0.1) is 16.4 Å². The second-order valence-corrected chi connectivity index (χ2v) is 8.17. The maximum atomic E-state index is 13.0. The summed E-state index contributed by atoms with van der Waals surface area (Å²) in [7, 11) is 0. The van der Waals surface area contributed by atoms with Crippen LogP contribution in [0.25, 0.3) is 0 Å². The molecule has 150 valence electrons. The molecule has 0 unspecified atom stereocenters. The zero-order chi connectivity index (χ0) is 20.8. The van der Waals surface area contributed by atoms with Crippen molar-refractivity contribution in [2.75, 3.05) is 6.54 Å². The minimum atomic E-state index is -0.545. The van der Waals surface area contributed by atoms with E-state index in [-0.39, 0.29) is 12.5 Å². The van der Waals surface area contributed by atoms with Crippen LogP contribution in [0.4, 0.5) is 0 Å². The number of ether oxygens (including phenoxy) is 1. The van der Waals surface area contributed by atoms with E-state index >= 15 is 0 Å². The predicted molar refractivity (Wildman–Crippen MR) is 115 cm³/mol. The maximum absolute atomic E-state index is 13.0. The monoisotopic (exact) mass is 428 g/mol. The van der Waals surface area contributed by atoms with Gasteiger partial charge in [-0.05, 0) is 48.9 Å². The Morgan fingerprint density at radius 1 is 1.10 bits per heavy atom. The molecule has 0 aliphatic rings. The van der Waals surface area contributed by atoms with E-state index in [2.05, 4.69) is 0 Å². The molecule has 0 saturated carbocycles. The highest BCUT2D eigenvalue weighted by molar-refractivity contribution is 7.16. The number of thiophene rings is 1. The summed E-state index contributed by atoms with van der Waals surface area (Å²) in [5, 5.41) is 0. The fraction of sp³-hybridized carbons (Fsp3) is 0.182. The summed E-state index contributed by atoms with van der Waals surface area (Å²) in [5.41, 5.74) is 7.12. The number of amides is 2. The van der Waals surface area contributed by atoms with E-state index in [1.54, 1.807) is 41.3 Å². The van der Waals surface area contributed by atoms with Gasteiger partial charge in [0.1, 0.15) is 12.4 Å². The highest BCUT2D eigenvalue weighted by Crippen LogP contribution is 2.24. The Morgan fingerprint density at radius 3 is 2.59 bits per heavy atom. The van der Waals surface area contributed by atoms with Crippen molar-refractivity contribution in [1.29, 1.82) is 0 Å². The van der Waals surface area contributed by atoms with Crippen molar-refractivity contribution in [2.45, 2.75) is 20.1 Å². The van der Waals surface area contributed by atoms with Gasteiger partial charge in [0.25, 0.3) is 11.8 Å². The molecule has 5 nitrogen and oxygen atoms in total. The molecule has 0 saturated heterocycles. The molecule has 1 aromatic heterocycles. The third-order valence-corrected chi connectivity index (χ3v) is 5.58. The molecule has 0 spiro atoms. The summed E-state index contributed by atoms with van der Waals surface area (Å²) in [6.07, 6.45) is 0. The highest BCUT2D eigenvalue weighted by Gasteiger charge is 2.16. The van der Waals surface area contributed by atoms with Crippen LogP contribution in [-0.4, -0.2) is 23.3 Å². The van der Waals surface area contributed by atoms with Crippen LogP contribution in [0.5, 0.6) is 5.75 Å². The predicted octanol–water partition coefficient (Wildman–Crippen LogP) is 4.74. The number of nitrogens with two attached hydrogens (primary N) is 1. The number of nitrogens with zero attached hydrogens (tertiary/aromatic N) is 1. The Kier molecular flexibility index (Phi) is 6.90. The molecule has 2 amide bonds. The Bertz CT molecular complexity index is 1020. The summed E-state index contributed by atoms with van der Waals surface area (Å²) >= 11 is 7.46. The second-order valence-electron chi connectivity index (χ2n) is 6.37. The number of rotatable bonds is 8. The van der Waals surface area contributed by atoms with Gasteiger partial charge in [-0.1, -0.05) is 35.9 Å². The first kappa shape index (κ1) is 20.9. The number of hydrogen-bond acceptors (Lipinski definition) is 4. The first-order valence-electron chi connectivity index (χ1n) is 9.12. The first-order chi connectivity index (χ1) is 14.0. The van der Waals surface area contributed by atoms with Crippen molar-refractivity contribution in [1.82, 2.24) is 4.90 Å². The lowest BCUT2D eigenvalue weighted by molar-refractivity contribution is 0.0754. The maximum Gasteiger partial charge on any atom is 0.254 e. The number of para-hydroxylation sites is 1. The van der Waals surface area contributed by atoms with Crippen LogP contribution >= 0.6 is 22.9 Å². The number of carbonyl (C=O) groups is 2. The lowest BCUT2D eigenvalue weighted by atomic mass is 10.1. The summed E-state index contributed by atoms with van der Waals surface area (Å²) in [6.45, 7) is 3.26. The summed E-state index contributed by atoms with van der Waals surface area (Å²) < 4.78 is 6.47. The van der Waals surface area contributed by atoms with E-state index in [9.17, 15) is 9.59 Å². The average Bonchev–Trinajstić information content (AvgIpc) is 3.15. The van der Waals surface area contributed by atoms with E-state index in [0.717, 1.165) is 10.4 Å². The third kappa shape index (κ3) is 5.37. The Morgan fingerprint density at radius 2 is 1.90 bits per heavy atom. The molecule has 3 aromatic rings. The molecule has 29 heavy (non-hydrogen) atoms. The van der Waals surface area contributed by atoms with E-state index in [1.807, 2.05) is 31.2 Å². The van der Waals surface area contributed by atoms with Crippen LogP contribution < -0.4 is 10.5 Å². The van der Waals surface area contributed by atoms with E-state index in [1.165, 1.54) is 11.3 Å². The van der Waals surface area contributed by atoms with Gasteiger partial charge in [-0.2, -0.15) is 0 Å². The van der Waals surface area contributed by atoms with Crippen molar-refractivity contribution in [3.8, 4) is 5.75 Å². The molecular formula is C22H21ClN2O3S. The smallest absolute Gasteiger partial charge is 0.254 e. The molecule has 0 aliphatic carbocycles. The van der Waals surface area contributed by atoms with Crippen molar-refractivity contribution >= 4 is 34.8 Å². The zero-order valence-electron chi connectivity index (χ0n) is 15.9. The topological polar surface area (TPSA) is 72.6 Å². The second kappa shape index (κ2) is 9.58. The van der Waals surface area contributed by atoms with Crippen LogP contribution in [0.15, 0.2) is 60.7 Å². The molecule has 0 fully saturated rings. The number of primary amides is 1. The summed E-state index contributed by atoms with van der Waals surface area (Å²) in [4.78, 5) is 27.3. The van der Waals surface area contributed by atoms with Crippen LogP contribution in [0.1, 0.15) is 38.1 Å². The average molecular weight is 429 g/mol. The van der Waals surface area contributed by atoms with Crippen LogP contribution in [0, 0.1) is 0 Å². The molecule has 0 bridgehead atoms. The molecule has 7 heteroatoms. The fourth-order valence-corrected chi connectivity index (χ4v) is 3.99. The Balaban J connectivity index is 1.71. The molecular weight excluding hydrogens is 408 g/mol. The van der Waals surface area contributed by atoms with Gasteiger partial charge in [-0.3, -0.25) is 9.59 Å². The lowest BCUT2D eigenvalue weighted by Crippen LogP contribution is -2.30. The number of hydrogen-bond donors (Lipinski definition) is 1. The molecule has 1 heterocycles. The van der Waals surface area contributed by atoms with E-state index in [4.69, 9.17) is 22.1 Å². The van der Waals surface area contributed by atoms with Gasteiger partial charge < -0.3 is 15.4 Å². The van der Waals surface area contributed by atoms with Crippen molar-refractivity contribution in [2.24, 2.45) is 5.73 Å². The van der Waals surface area contributed by atoms with Crippen LogP contribution in [0.2, 0.25) is 4.34 Å². The van der Waals surface area contributed by atoms with Crippen molar-refractivity contribution in [3.63, 3.8) is 0 Å². The third-order valence-electron chi connectivity index (χ3n) is 4.37. The van der Waals surface area contributed by atoms with Gasteiger partial charge in [0, 0.05) is 17.0 Å². The lowest BCUT2D eigenvalue weighted by Gasteiger charge is -2.20. The number of benzene rings is 2. The molecule has 0 aliphatic heterocycles. The van der Waals surface area contributed by atoms with Crippen LogP contribution in [0.3, 0.4) is 0 Å². The van der Waals surface area contributed by atoms with Gasteiger partial charge in [0.15, 0.2) is 0 Å². The SMILES string of the molecule is CCN(Cc1ccc(Cl)s1)C(=O)c1cccc(COc2ccccc2C(N)=O)c1. The van der Waals surface area contributed by atoms with Gasteiger partial charge in [-0.25, -0.2) is 0 Å².